The van der Waals surface area contributed by atoms with E-state index in [9.17, 15) is 8.78 Å². The van der Waals surface area contributed by atoms with Crippen LogP contribution in [0.2, 0.25) is 0 Å². The highest BCUT2D eigenvalue weighted by atomic mass is 19.3. The fourth-order valence-corrected chi connectivity index (χ4v) is 2.16. The summed E-state index contributed by atoms with van der Waals surface area (Å²) in [6, 6.07) is 0. The first-order valence-electron chi connectivity index (χ1n) is 4.38. The van der Waals surface area contributed by atoms with Gasteiger partial charge in [0.15, 0.2) is 0 Å². The van der Waals surface area contributed by atoms with Gasteiger partial charge in [-0.05, 0) is 18.3 Å². The minimum Gasteiger partial charge on any atom is -0.372 e. The van der Waals surface area contributed by atoms with Gasteiger partial charge in [-0.25, -0.2) is 8.78 Å². The molecule has 3 fully saturated rings. The summed E-state index contributed by atoms with van der Waals surface area (Å²) in [5.41, 5.74) is 0. The third-order valence-corrected chi connectivity index (χ3v) is 2.76. The second kappa shape index (κ2) is 3.26. The van der Waals surface area contributed by atoms with E-state index in [0.717, 1.165) is 19.5 Å². The van der Waals surface area contributed by atoms with Crippen molar-refractivity contribution in [3.05, 3.63) is 0 Å². The number of ether oxygens (including phenoxy) is 1. The fraction of sp³-hybridized carbons (Fsp3) is 1.00. The number of nitrogens with one attached hydrogen (secondary N) is 1. The third kappa shape index (κ3) is 1.45. The van der Waals surface area contributed by atoms with Crippen LogP contribution in [-0.2, 0) is 4.74 Å². The van der Waals surface area contributed by atoms with Gasteiger partial charge in [0.25, 0.3) is 6.43 Å². The quantitative estimate of drug-likeness (QED) is 0.690. The molecule has 4 heteroatoms. The Morgan fingerprint density at radius 1 is 1.33 bits per heavy atom. The smallest absolute Gasteiger partial charge is 0.261 e. The Kier molecular flexibility index (Phi) is 2.28. The Bertz CT molecular complexity index is 151. The van der Waals surface area contributed by atoms with E-state index in [1.165, 1.54) is 0 Å². The lowest BCUT2D eigenvalue weighted by atomic mass is 9.69. The van der Waals surface area contributed by atoms with Gasteiger partial charge < -0.3 is 10.1 Å². The zero-order valence-corrected chi connectivity index (χ0v) is 6.80. The molecule has 12 heavy (non-hydrogen) atoms. The minimum atomic E-state index is -2.32. The van der Waals surface area contributed by atoms with Crippen molar-refractivity contribution >= 4 is 0 Å². The van der Waals surface area contributed by atoms with Gasteiger partial charge in [-0.2, -0.15) is 0 Å². The molecule has 2 saturated heterocycles. The molecule has 0 aromatic heterocycles. The van der Waals surface area contributed by atoms with E-state index < -0.39 is 13.0 Å². The molecule has 3 rings (SSSR count). The maximum absolute atomic E-state index is 11.8. The first kappa shape index (κ1) is 8.38. The molecular weight excluding hydrogens is 164 g/mol. The summed E-state index contributed by atoms with van der Waals surface area (Å²) in [4.78, 5) is 0. The number of piperidine rings is 2. The summed E-state index contributed by atoms with van der Waals surface area (Å²) in [7, 11) is 0. The van der Waals surface area contributed by atoms with Gasteiger partial charge in [0.1, 0.15) is 6.61 Å². The molecule has 0 aromatic rings. The van der Waals surface area contributed by atoms with Crippen LogP contribution in [0, 0.1) is 11.8 Å². The summed E-state index contributed by atoms with van der Waals surface area (Å²) in [6.45, 7) is 1.48. The Labute approximate surface area is 70.3 Å². The van der Waals surface area contributed by atoms with E-state index in [0.29, 0.717) is 11.8 Å². The van der Waals surface area contributed by atoms with Crippen molar-refractivity contribution in [3.8, 4) is 0 Å². The van der Waals surface area contributed by atoms with E-state index >= 15 is 0 Å². The normalized spacial score (nSPS) is 39.8. The van der Waals surface area contributed by atoms with Crippen molar-refractivity contribution < 1.29 is 13.5 Å². The van der Waals surface area contributed by atoms with Gasteiger partial charge in [-0.3, -0.25) is 0 Å². The van der Waals surface area contributed by atoms with Crippen LogP contribution in [0.25, 0.3) is 0 Å². The van der Waals surface area contributed by atoms with Gasteiger partial charge in [-0.1, -0.05) is 0 Å². The number of alkyl halides is 2. The highest BCUT2D eigenvalue weighted by Gasteiger charge is 2.44. The average molecular weight is 177 g/mol. The first-order chi connectivity index (χ1) is 5.77. The molecule has 0 amide bonds. The van der Waals surface area contributed by atoms with E-state index in [1.807, 2.05) is 0 Å². The summed E-state index contributed by atoms with van der Waals surface area (Å²) >= 11 is 0. The number of hydrogen-bond acceptors (Lipinski definition) is 2. The standard InChI is InChI=1S/C8H13F2NO/c9-7(10)4-12-8-5-1-6(8)3-11-2-5/h5-8,11H,1-4H2/t5-,6+,8?. The van der Waals surface area contributed by atoms with Crippen molar-refractivity contribution in [2.45, 2.75) is 19.0 Å². The molecule has 0 aromatic carbocycles. The lowest BCUT2D eigenvalue weighted by Crippen LogP contribution is -2.58. The average Bonchev–Trinajstić information content (AvgIpc) is 2.05. The van der Waals surface area contributed by atoms with E-state index in [1.54, 1.807) is 0 Å². The molecule has 2 heterocycles. The maximum Gasteiger partial charge on any atom is 0.261 e. The molecule has 2 aliphatic heterocycles. The van der Waals surface area contributed by atoms with Crippen LogP contribution < -0.4 is 5.32 Å². The molecule has 2 bridgehead atoms. The molecule has 1 aliphatic carbocycles. The predicted octanol–water partition coefficient (Wildman–Crippen LogP) is 0.876. The molecular formula is C8H13F2NO. The van der Waals surface area contributed by atoms with Crippen molar-refractivity contribution in [1.82, 2.24) is 5.32 Å². The second-order valence-corrected chi connectivity index (χ2v) is 3.60. The zero-order valence-electron chi connectivity index (χ0n) is 6.80. The topological polar surface area (TPSA) is 21.3 Å². The number of hydrogen-bond donors (Lipinski definition) is 1. The van der Waals surface area contributed by atoms with Gasteiger partial charge in [-0.15, -0.1) is 0 Å². The van der Waals surface area contributed by atoms with Crippen LogP contribution in [0.15, 0.2) is 0 Å². The number of fused-ring (bicyclic) bond motifs is 2. The Hall–Kier alpha value is -0.220. The van der Waals surface area contributed by atoms with Crippen molar-refractivity contribution in [1.29, 1.82) is 0 Å². The lowest BCUT2D eigenvalue weighted by Gasteiger charge is -2.49. The molecule has 1 saturated carbocycles. The Morgan fingerprint density at radius 2 is 2.00 bits per heavy atom. The van der Waals surface area contributed by atoms with Crippen LogP contribution in [-0.4, -0.2) is 32.2 Å². The van der Waals surface area contributed by atoms with Gasteiger partial charge in [0, 0.05) is 13.1 Å². The Balaban J connectivity index is 1.75. The van der Waals surface area contributed by atoms with Crippen molar-refractivity contribution in [3.63, 3.8) is 0 Å². The Morgan fingerprint density at radius 3 is 2.50 bits per heavy atom. The molecule has 1 unspecified atom stereocenters. The third-order valence-electron chi connectivity index (χ3n) is 2.76. The summed E-state index contributed by atoms with van der Waals surface area (Å²) < 4.78 is 28.7. The fourth-order valence-electron chi connectivity index (χ4n) is 2.16. The summed E-state index contributed by atoms with van der Waals surface area (Å²) in [5, 5.41) is 3.23. The zero-order chi connectivity index (χ0) is 8.55. The van der Waals surface area contributed by atoms with Crippen LogP contribution in [0.5, 0.6) is 0 Å². The SMILES string of the molecule is FC(F)COC1[C@@H]2CNC[C@H]1C2. The van der Waals surface area contributed by atoms with Crippen LogP contribution in [0.3, 0.4) is 0 Å². The molecule has 0 radical (unpaired) electrons. The lowest BCUT2D eigenvalue weighted by molar-refractivity contribution is -0.134. The predicted molar refractivity (Wildman–Crippen MR) is 40.2 cm³/mol. The monoisotopic (exact) mass is 177 g/mol. The highest BCUT2D eigenvalue weighted by Crippen LogP contribution is 2.38. The molecule has 3 atom stereocenters. The molecule has 2 nitrogen and oxygen atoms in total. The van der Waals surface area contributed by atoms with E-state index in [4.69, 9.17) is 4.74 Å². The van der Waals surface area contributed by atoms with E-state index in [2.05, 4.69) is 5.32 Å². The molecule has 3 aliphatic rings. The molecule has 70 valence electrons. The van der Waals surface area contributed by atoms with Crippen molar-refractivity contribution in [2.24, 2.45) is 11.8 Å². The second-order valence-electron chi connectivity index (χ2n) is 3.60. The van der Waals surface area contributed by atoms with Crippen LogP contribution in [0.1, 0.15) is 6.42 Å². The van der Waals surface area contributed by atoms with Crippen LogP contribution in [0.4, 0.5) is 8.78 Å². The van der Waals surface area contributed by atoms with Crippen molar-refractivity contribution in [2.75, 3.05) is 19.7 Å². The largest absolute Gasteiger partial charge is 0.372 e. The maximum atomic E-state index is 11.8. The molecule has 1 N–H and O–H groups in total. The minimum absolute atomic E-state index is 0.111. The van der Waals surface area contributed by atoms with E-state index in [-0.39, 0.29) is 6.10 Å². The van der Waals surface area contributed by atoms with Gasteiger partial charge >= 0.3 is 0 Å². The highest BCUT2D eigenvalue weighted by molar-refractivity contribution is 4.96. The van der Waals surface area contributed by atoms with Gasteiger partial charge in [0.2, 0.25) is 0 Å². The number of halogens is 2. The van der Waals surface area contributed by atoms with Crippen LogP contribution >= 0.6 is 0 Å². The molecule has 0 spiro atoms. The summed E-state index contributed by atoms with van der Waals surface area (Å²) in [6.07, 6.45) is -1.06. The summed E-state index contributed by atoms with van der Waals surface area (Å²) in [5.74, 6) is 0.977. The van der Waals surface area contributed by atoms with Gasteiger partial charge in [0.05, 0.1) is 6.10 Å². The number of rotatable bonds is 3. The first-order valence-corrected chi connectivity index (χ1v) is 4.38.